The van der Waals surface area contributed by atoms with Crippen molar-refractivity contribution in [2.24, 2.45) is 0 Å². The first-order valence-corrected chi connectivity index (χ1v) is 8.16. The summed E-state index contributed by atoms with van der Waals surface area (Å²) in [5.74, 6) is 0. The van der Waals surface area contributed by atoms with Gasteiger partial charge >= 0.3 is 8.80 Å². The molecule has 18 heavy (non-hydrogen) atoms. The van der Waals surface area contributed by atoms with Crippen LogP contribution in [0.2, 0.25) is 0 Å². The van der Waals surface area contributed by atoms with Gasteiger partial charge in [0.2, 0.25) is 0 Å². The second kappa shape index (κ2) is 12.3. The van der Waals surface area contributed by atoms with Crippen LogP contribution in [0.3, 0.4) is 0 Å². The van der Waals surface area contributed by atoms with Crippen molar-refractivity contribution in [2.45, 2.75) is 0 Å². The van der Waals surface area contributed by atoms with Crippen LogP contribution in [0.1, 0.15) is 0 Å². The number of halogens is 1. The van der Waals surface area contributed by atoms with E-state index in [0.717, 1.165) is 0 Å². The molecule has 0 rings (SSSR count). The molecule has 0 aliphatic rings. The Morgan fingerprint density at radius 2 is 1.00 bits per heavy atom. The lowest BCUT2D eigenvalue weighted by atomic mass is 10.8. The molecule has 0 amide bonds. The molecule has 0 spiro atoms. The molecule has 0 heterocycles. The van der Waals surface area contributed by atoms with Crippen LogP contribution in [-0.2, 0) is 27.5 Å². The molecule has 0 aromatic heterocycles. The standard InChI is InChI=1S/C10H23ClO6Si/c1-12-4-7-15-18(10-11,16-8-5-13-2)17-9-6-14-3/h4-10H2,1-3H3. The van der Waals surface area contributed by atoms with E-state index < -0.39 is 8.80 Å². The molecule has 6 nitrogen and oxygen atoms in total. The van der Waals surface area contributed by atoms with E-state index in [1.54, 1.807) is 21.3 Å². The van der Waals surface area contributed by atoms with Gasteiger partial charge in [0, 0.05) is 21.3 Å². The van der Waals surface area contributed by atoms with Crippen LogP contribution in [0.5, 0.6) is 0 Å². The summed E-state index contributed by atoms with van der Waals surface area (Å²) >= 11 is 5.93. The molecule has 0 aromatic carbocycles. The van der Waals surface area contributed by atoms with Crippen LogP contribution in [0.15, 0.2) is 0 Å². The number of rotatable bonds is 13. The van der Waals surface area contributed by atoms with Gasteiger partial charge in [0.25, 0.3) is 0 Å². The Morgan fingerprint density at radius 3 is 1.22 bits per heavy atom. The molecular formula is C10H23ClO6Si. The van der Waals surface area contributed by atoms with Crippen LogP contribution in [0.25, 0.3) is 0 Å². The fourth-order valence-electron chi connectivity index (χ4n) is 1.08. The molecular weight excluding hydrogens is 280 g/mol. The number of methoxy groups -OCH3 is 3. The molecule has 8 heteroatoms. The van der Waals surface area contributed by atoms with Crippen molar-refractivity contribution in [3.05, 3.63) is 0 Å². The maximum atomic E-state index is 5.93. The SMILES string of the molecule is COCCO[Si](CCl)(OCCOC)OCCOC. The highest BCUT2D eigenvalue weighted by Gasteiger charge is 2.40. The first-order chi connectivity index (χ1) is 8.74. The van der Waals surface area contributed by atoms with E-state index in [4.69, 9.17) is 39.1 Å². The van der Waals surface area contributed by atoms with Crippen molar-refractivity contribution < 1.29 is 27.5 Å². The van der Waals surface area contributed by atoms with Gasteiger partial charge in [-0.05, 0) is 0 Å². The van der Waals surface area contributed by atoms with Crippen molar-refractivity contribution in [1.82, 2.24) is 0 Å². The molecule has 0 aliphatic carbocycles. The molecule has 0 fully saturated rings. The van der Waals surface area contributed by atoms with Gasteiger partial charge in [-0.1, -0.05) is 0 Å². The number of alkyl halides is 1. The van der Waals surface area contributed by atoms with Crippen molar-refractivity contribution in [1.29, 1.82) is 0 Å². The summed E-state index contributed by atoms with van der Waals surface area (Å²) in [6, 6.07) is 0. The van der Waals surface area contributed by atoms with E-state index >= 15 is 0 Å². The van der Waals surface area contributed by atoms with Crippen LogP contribution in [0, 0.1) is 0 Å². The van der Waals surface area contributed by atoms with Gasteiger partial charge in [-0.3, -0.25) is 0 Å². The molecule has 0 aliphatic heterocycles. The molecule has 0 bridgehead atoms. The van der Waals surface area contributed by atoms with Crippen molar-refractivity contribution >= 4 is 20.4 Å². The van der Waals surface area contributed by atoms with Crippen molar-refractivity contribution in [3.63, 3.8) is 0 Å². The van der Waals surface area contributed by atoms with E-state index in [0.29, 0.717) is 39.6 Å². The summed E-state index contributed by atoms with van der Waals surface area (Å²) < 4.78 is 31.7. The van der Waals surface area contributed by atoms with Crippen LogP contribution < -0.4 is 0 Å². The zero-order valence-corrected chi connectivity index (χ0v) is 13.0. The van der Waals surface area contributed by atoms with Gasteiger partial charge in [-0.2, -0.15) is 0 Å². The molecule has 0 saturated carbocycles. The number of hydrogen-bond donors (Lipinski definition) is 0. The lowest BCUT2D eigenvalue weighted by Gasteiger charge is -2.27. The Kier molecular flexibility index (Phi) is 12.5. The van der Waals surface area contributed by atoms with E-state index in [9.17, 15) is 0 Å². The van der Waals surface area contributed by atoms with Crippen LogP contribution in [0.4, 0.5) is 0 Å². The Hall–Kier alpha value is 0.267. The Morgan fingerprint density at radius 1 is 0.667 bits per heavy atom. The van der Waals surface area contributed by atoms with Crippen molar-refractivity contribution in [2.75, 3.05) is 66.5 Å². The predicted octanol–water partition coefficient (Wildman–Crippen LogP) is 0.692. The molecule has 110 valence electrons. The largest absolute Gasteiger partial charge is 0.516 e. The van der Waals surface area contributed by atoms with Crippen LogP contribution in [-0.4, -0.2) is 75.3 Å². The van der Waals surface area contributed by atoms with E-state index in [2.05, 4.69) is 0 Å². The monoisotopic (exact) mass is 302 g/mol. The first-order valence-electron chi connectivity index (χ1n) is 5.69. The number of hydrogen-bond acceptors (Lipinski definition) is 6. The lowest BCUT2D eigenvalue weighted by molar-refractivity contribution is 0.0182. The lowest BCUT2D eigenvalue weighted by Crippen LogP contribution is -2.50. The normalized spacial score (nSPS) is 12.0. The minimum Gasteiger partial charge on any atom is -0.382 e. The maximum Gasteiger partial charge on any atom is 0.516 e. The van der Waals surface area contributed by atoms with Gasteiger partial charge in [-0.25, -0.2) is 0 Å². The minimum absolute atomic E-state index is 0.185. The highest BCUT2D eigenvalue weighted by molar-refractivity contribution is 6.69. The highest BCUT2D eigenvalue weighted by Crippen LogP contribution is 2.12. The first kappa shape index (κ1) is 18.3. The maximum absolute atomic E-state index is 5.93. The molecule has 0 aromatic rings. The van der Waals surface area contributed by atoms with E-state index in [1.807, 2.05) is 0 Å². The third kappa shape index (κ3) is 8.38. The third-order valence-corrected chi connectivity index (χ3v) is 5.23. The van der Waals surface area contributed by atoms with E-state index in [-0.39, 0.29) is 5.50 Å². The van der Waals surface area contributed by atoms with Gasteiger partial charge in [0.05, 0.1) is 45.1 Å². The fourth-order valence-corrected chi connectivity index (χ4v) is 3.44. The van der Waals surface area contributed by atoms with Gasteiger partial charge in [0.15, 0.2) is 0 Å². The predicted molar refractivity (Wildman–Crippen MR) is 70.0 cm³/mol. The second-order valence-corrected chi connectivity index (χ2v) is 6.64. The van der Waals surface area contributed by atoms with E-state index in [1.165, 1.54) is 0 Å². The number of ether oxygens (including phenoxy) is 3. The summed E-state index contributed by atoms with van der Waals surface area (Å²) in [6.45, 7) is 2.55. The average molecular weight is 303 g/mol. The topological polar surface area (TPSA) is 55.4 Å². The van der Waals surface area contributed by atoms with Gasteiger partial charge < -0.3 is 27.5 Å². The summed E-state index contributed by atoms with van der Waals surface area (Å²) in [5.41, 5.74) is 0.185. The highest BCUT2D eigenvalue weighted by atomic mass is 35.5. The Labute approximate surface area is 115 Å². The Balaban J connectivity index is 4.20. The molecule has 0 N–H and O–H groups in total. The Bertz CT molecular complexity index is 159. The molecule has 0 radical (unpaired) electrons. The van der Waals surface area contributed by atoms with Gasteiger partial charge in [0.1, 0.15) is 0 Å². The summed E-state index contributed by atoms with van der Waals surface area (Å²) in [7, 11) is 1.95. The zero-order valence-electron chi connectivity index (χ0n) is 11.3. The smallest absolute Gasteiger partial charge is 0.382 e. The molecule has 0 atom stereocenters. The molecule has 0 saturated heterocycles. The quantitative estimate of drug-likeness (QED) is 0.283. The average Bonchev–Trinajstić information content (AvgIpc) is 2.39. The fraction of sp³-hybridized carbons (Fsp3) is 1.00. The second-order valence-electron chi connectivity index (χ2n) is 3.34. The van der Waals surface area contributed by atoms with Crippen LogP contribution >= 0.6 is 11.6 Å². The minimum atomic E-state index is -2.86. The summed E-state index contributed by atoms with van der Waals surface area (Å²) in [5, 5.41) is 0. The summed E-state index contributed by atoms with van der Waals surface area (Å²) in [6.07, 6.45) is 0. The zero-order chi connectivity index (χ0) is 13.7. The van der Waals surface area contributed by atoms with Crippen molar-refractivity contribution in [3.8, 4) is 0 Å². The summed E-state index contributed by atoms with van der Waals surface area (Å²) in [4.78, 5) is 0. The third-order valence-electron chi connectivity index (χ3n) is 1.99. The van der Waals surface area contributed by atoms with Gasteiger partial charge in [-0.15, -0.1) is 11.6 Å². The molecule has 0 unspecified atom stereocenters.